The average molecular weight is 370 g/mol. The molecule has 136 valence electrons. The van der Waals surface area contributed by atoms with E-state index in [1.165, 1.54) is 5.56 Å². The molecule has 1 atom stereocenters. The molecule has 4 nitrogen and oxygen atoms in total. The van der Waals surface area contributed by atoms with Crippen molar-refractivity contribution in [2.24, 2.45) is 7.05 Å². The fourth-order valence-corrected chi connectivity index (χ4v) is 3.16. The molecule has 0 radical (unpaired) electrons. The molecule has 0 saturated heterocycles. The van der Waals surface area contributed by atoms with E-state index in [0.717, 1.165) is 30.0 Å². The standard InChI is InChI=1S/C21H24ClN3O/c1-3-7-20(23-14-21-19(22)15-25(2)24-21)16-10-12-18(13-11-16)26-17-8-5-4-6-9-17/h4-6,8-13,15,20,23H,3,7,14H2,1-2H3. The molecule has 1 heterocycles. The third-order valence-electron chi connectivity index (χ3n) is 4.21. The summed E-state index contributed by atoms with van der Waals surface area (Å²) in [6.07, 6.45) is 3.96. The summed E-state index contributed by atoms with van der Waals surface area (Å²) in [5, 5.41) is 8.67. The summed E-state index contributed by atoms with van der Waals surface area (Å²) >= 11 is 6.21. The van der Waals surface area contributed by atoms with Crippen LogP contribution in [0.15, 0.2) is 60.8 Å². The van der Waals surface area contributed by atoms with Gasteiger partial charge in [0, 0.05) is 25.8 Å². The van der Waals surface area contributed by atoms with Crippen molar-refractivity contribution in [1.29, 1.82) is 0 Å². The molecule has 0 spiro atoms. The number of hydrogen-bond donors (Lipinski definition) is 1. The Morgan fingerprint density at radius 3 is 2.38 bits per heavy atom. The van der Waals surface area contributed by atoms with Gasteiger partial charge in [-0.2, -0.15) is 5.10 Å². The second-order valence-corrected chi connectivity index (χ2v) is 6.71. The van der Waals surface area contributed by atoms with E-state index >= 15 is 0 Å². The Kier molecular flexibility index (Phi) is 6.31. The summed E-state index contributed by atoms with van der Waals surface area (Å²) in [6, 6.07) is 18.3. The van der Waals surface area contributed by atoms with E-state index in [1.54, 1.807) is 4.68 Å². The first-order valence-corrected chi connectivity index (χ1v) is 9.27. The predicted molar refractivity (Wildman–Crippen MR) is 106 cm³/mol. The van der Waals surface area contributed by atoms with Crippen LogP contribution >= 0.6 is 11.6 Å². The zero-order valence-corrected chi connectivity index (χ0v) is 15.9. The lowest BCUT2D eigenvalue weighted by Gasteiger charge is -2.18. The highest BCUT2D eigenvalue weighted by Crippen LogP contribution is 2.25. The van der Waals surface area contributed by atoms with Gasteiger partial charge < -0.3 is 10.1 Å². The lowest BCUT2D eigenvalue weighted by molar-refractivity contribution is 0.475. The number of aromatic nitrogens is 2. The Balaban J connectivity index is 1.66. The van der Waals surface area contributed by atoms with E-state index in [4.69, 9.17) is 16.3 Å². The van der Waals surface area contributed by atoms with Gasteiger partial charge in [-0.05, 0) is 36.2 Å². The molecule has 0 bridgehead atoms. The third-order valence-corrected chi connectivity index (χ3v) is 4.52. The zero-order valence-electron chi connectivity index (χ0n) is 15.2. The first-order valence-electron chi connectivity index (χ1n) is 8.90. The molecule has 3 rings (SSSR count). The number of benzene rings is 2. The van der Waals surface area contributed by atoms with Crippen molar-refractivity contribution >= 4 is 11.6 Å². The number of halogens is 1. The first kappa shape index (κ1) is 18.5. The summed E-state index contributed by atoms with van der Waals surface area (Å²) in [6.45, 7) is 2.84. The Labute approximate surface area is 159 Å². The normalized spacial score (nSPS) is 12.1. The molecule has 3 aromatic rings. The molecule has 0 aliphatic heterocycles. The molecule has 0 aliphatic rings. The van der Waals surface area contributed by atoms with Crippen molar-refractivity contribution in [2.75, 3.05) is 0 Å². The summed E-state index contributed by atoms with van der Waals surface area (Å²) < 4.78 is 7.61. The summed E-state index contributed by atoms with van der Waals surface area (Å²) in [7, 11) is 1.88. The van der Waals surface area contributed by atoms with Gasteiger partial charge in [0.15, 0.2) is 0 Å². The topological polar surface area (TPSA) is 39.1 Å². The van der Waals surface area contributed by atoms with Crippen LogP contribution in [0.25, 0.3) is 0 Å². The van der Waals surface area contributed by atoms with Gasteiger partial charge >= 0.3 is 0 Å². The van der Waals surface area contributed by atoms with Crippen LogP contribution in [0.2, 0.25) is 5.02 Å². The van der Waals surface area contributed by atoms with Gasteiger partial charge in [0.25, 0.3) is 0 Å². The zero-order chi connectivity index (χ0) is 18.4. The number of hydrogen-bond acceptors (Lipinski definition) is 3. The molecule has 1 aromatic heterocycles. The fraction of sp³-hybridized carbons (Fsp3) is 0.286. The molecule has 1 N–H and O–H groups in total. The Hall–Kier alpha value is -2.30. The van der Waals surface area contributed by atoms with Crippen molar-refractivity contribution in [3.8, 4) is 11.5 Å². The van der Waals surface area contributed by atoms with Crippen molar-refractivity contribution < 1.29 is 4.74 Å². The highest BCUT2D eigenvalue weighted by atomic mass is 35.5. The van der Waals surface area contributed by atoms with Crippen LogP contribution in [-0.4, -0.2) is 9.78 Å². The molecule has 2 aromatic carbocycles. The highest BCUT2D eigenvalue weighted by Gasteiger charge is 2.13. The van der Waals surface area contributed by atoms with Crippen LogP contribution in [0, 0.1) is 0 Å². The van der Waals surface area contributed by atoms with Crippen LogP contribution in [-0.2, 0) is 13.6 Å². The van der Waals surface area contributed by atoms with Gasteiger partial charge in [-0.25, -0.2) is 0 Å². The molecule has 0 amide bonds. The van der Waals surface area contributed by atoms with E-state index in [0.29, 0.717) is 11.6 Å². The summed E-state index contributed by atoms with van der Waals surface area (Å²) in [5.41, 5.74) is 2.11. The quantitative estimate of drug-likeness (QED) is 0.570. The summed E-state index contributed by atoms with van der Waals surface area (Å²) in [4.78, 5) is 0. The molecule has 0 saturated carbocycles. The Bertz CT molecular complexity index is 815. The third kappa shape index (κ3) is 4.87. The number of aryl methyl sites for hydroxylation is 1. The highest BCUT2D eigenvalue weighted by molar-refractivity contribution is 6.31. The first-order chi connectivity index (χ1) is 12.7. The van der Waals surface area contributed by atoms with Gasteiger partial charge in [-0.3, -0.25) is 4.68 Å². The van der Waals surface area contributed by atoms with Crippen LogP contribution in [0.4, 0.5) is 0 Å². The second kappa shape index (κ2) is 8.88. The molecule has 5 heteroatoms. The number of ether oxygens (including phenoxy) is 1. The fourth-order valence-electron chi connectivity index (χ4n) is 2.91. The van der Waals surface area contributed by atoms with Crippen LogP contribution in [0.1, 0.15) is 37.1 Å². The smallest absolute Gasteiger partial charge is 0.127 e. The van der Waals surface area contributed by atoms with Gasteiger partial charge in [0.2, 0.25) is 0 Å². The number of nitrogens with zero attached hydrogens (tertiary/aromatic N) is 2. The largest absolute Gasteiger partial charge is 0.457 e. The minimum absolute atomic E-state index is 0.254. The second-order valence-electron chi connectivity index (χ2n) is 6.30. The number of rotatable bonds is 8. The molecule has 0 fully saturated rings. The molecular weight excluding hydrogens is 346 g/mol. The van der Waals surface area contributed by atoms with Crippen LogP contribution in [0.3, 0.4) is 0 Å². The van der Waals surface area contributed by atoms with E-state index < -0.39 is 0 Å². The lowest BCUT2D eigenvalue weighted by atomic mass is 10.0. The van der Waals surface area contributed by atoms with Crippen molar-refractivity contribution in [3.05, 3.63) is 77.1 Å². The van der Waals surface area contributed by atoms with Crippen molar-refractivity contribution in [2.45, 2.75) is 32.4 Å². The van der Waals surface area contributed by atoms with Gasteiger partial charge in [-0.1, -0.05) is 55.3 Å². The van der Waals surface area contributed by atoms with Crippen LogP contribution < -0.4 is 10.1 Å². The molecule has 0 aliphatic carbocycles. The SMILES string of the molecule is CCCC(NCc1nn(C)cc1Cl)c1ccc(Oc2ccccc2)cc1. The van der Waals surface area contributed by atoms with E-state index in [-0.39, 0.29) is 6.04 Å². The van der Waals surface area contributed by atoms with E-state index in [9.17, 15) is 0 Å². The maximum Gasteiger partial charge on any atom is 0.127 e. The summed E-state index contributed by atoms with van der Waals surface area (Å²) in [5.74, 6) is 1.68. The monoisotopic (exact) mass is 369 g/mol. The minimum Gasteiger partial charge on any atom is -0.457 e. The van der Waals surface area contributed by atoms with Gasteiger partial charge in [0.1, 0.15) is 11.5 Å². The Morgan fingerprint density at radius 2 is 1.77 bits per heavy atom. The van der Waals surface area contributed by atoms with Gasteiger partial charge in [0.05, 0.1) is 10.7 Å². The van der Waals surface area contributed by atoms with E-state index in [1.807, 2.05) is 55.7 Å². The minimum atomic E-state index is 0.254. The predicted octanol–water partition coefficient (Wildman–Crippen LogP) is 5.50. The van der Waals surface area contributed by atoms with Crippen molar-refractivity contribution in [1.82, 2.24) is 15.1 Å². The average Bonchev–Trinajstić information content (AvgIpc) is 2.97. The van der Waals surface area contributed by atoms with Crippen LogP contribution in [0.5, 0.6) is 11.5 Å². The number of nitrogens with one attached hydrogen (secondary N) is 1. The Morgan fingerprint density at radius 1 is 1.08 bits per heavy atom. The maximum atomic E-state index is 6.21. The lowest BCUT2D eigenvalue weighted by Crippen LogP contribution is -2.21. The van der Waals surface area contributed by atoms with Crippen molar-refractivity contribution in [3.63, 3.8) is 0 Å². The van der Waals surface area contributed by atoms with E-state index in [2.05, 4.69) is 29.5 Å². The maximum absolute atomic E-state index is 6.21. The molecule has 26 heavy (non-hydrogen) atoms. The molecule has 1 unspecified atom stereocenters. The number of para-hydroxylation sites is 1. The van der Waals surface area contributed by atoms with Gasteiger partial charge in [-0.15, -0.1) is 0 Å². The molecular formula is C21H24ClN3O.